The van der Waals surface area contributed by atoms with Crippen LogP contribution in [0.4, 0.5) is 5.69 Å². The van der Waals surface area contributed by atoms with E-state index in [2.05, 4.69) is 30.9 Å². The van der Waals surface area contributed by atoms with Crippen LogP contribution in [0.2, 0.25) is 0 Å². The molecule has 0 aliphatic carbocycles. The second-order valence-corrected chi connectivity index (χ2v) is 12.9. The van der Waals surface area contributed by atoms with Gasteiger partial charge in [-0.3, -0.25) is 14.2 Å². The highest BCUT2D eigenvalue weighted by molar-refractivity contribution is 7.66. The number of hydrogen-bond donors (Lipinski definition) is 3. The smallest absolute Gasteiger partial charge is 0.348 e. The molecule has 0 saturated carbocycles. The van der Waals surface area contributed by atoms with Crippen molar-refractivity contribution in [3.05, 3.63) is 35.1 Å². The van der Waals surface area contributed by atoms with Crippen LogP contribution < -0.4 is 16.4 Å². The Labute approximate surface area is 201 Å². The van der Waals surface area contributed by atoms with E-state index in [1.54, 1.807) is 11.8 Å². The molecule has 1 aromatic carbocycles. The Kier molecular flexibility index (Phi) is 6.77. The monoisotopic (exact) mass is 490 g/mol. The molecule has 0 spiro atoms. The van der Waals surface area contributed by atoms with Crippen LogP contribution in [-0.2, 0) is 13.9 Å². The molecular formula is C24H35N4O5P. The summed E-state index contributed by atoms with van der Waals surface area (Å²) >= 11 is 0. The van der Waals surface area contributed by atoms with Crippen LogP contribution in [0.1, 0.15) is 65.2 Å². The summed E-state index contributed by atoms with van der Waals surface area (Å²) in [6.07, 6.45) is 0.730. The van der Waals surface area contributed by atoms with Gasteiger partial charge in [-0.1, -0.05) is 41.5 Å². The maximum atomic E-state index is 13.7. The van der Waals surface area contributed by atoms with Crippen LogP contribution >= 0.6 is 7.52 Å². The van der Waals surface area contributed by atoms with E-state index in [9.17, 15) is 19.3 Å². The zero-order valence-electron chi connectivity index (χ0n) is 20.9. The Bertz CT molecular complexity index is 1130. The average Bonchev–Trinajstić information content (AvgIpc) is 2.95. The van der Waals surface area contributed by atoms with E-state index in [-0.39, 0.29) is 40.1 Å². The summed E-state index contributed by atoms with van der Waals surface area (Å²) in [6, 6.07) is 3.81. The third-order valence-electron chi connectivity index (χ3n) is 5.84. The Hall–Kier alpha value is -2.64. The summed E-state index contributed by atoms with van der Waals surface area (Å²) in [5.41, 5.74) is 5.40. The summed E-state index contributed by atoms with van der Waals surface area (Å²) < 4.78 is 23.6. The maximum Gasteiger partial charge on any atom is 0.348 e. The van der Waals surface area contributed by atoms with Crippen LogP contribution in [0, 0.1) is 10.8 Å². The number of carbonyl (C=O) groups excluding carboxylic acids is 2. The molecule has 10 heteroatoms. The van der Waals surface area contributed by atoms with E-state index in [0.29, 0.717) is 12.2 Å². The molecule has 3 rings (SSSR count). The SMILES string of the molecule is CCOP1(=O)N=C(C2=C(O)[C@H](C(C)(C)C)N(CCC(C)(C)C)C2=O)Nc2cc(C(N)=O)ccc21. The van der Waals surface area contributed by atoms with Crippen LogP contribution in [0.3, 0.4) is 0 Å². The molecule has 0 radical (unpaired) electrons. The predicted octanol–water partition coefficient (Wildman–Crippen LogP) is 3.97. The van der Waals surface area contributed by atoms with Gasteiger partial charge in [0.1, 0.15) is 11.3 Å². The van der Waals surface area contributed by atoms with Gasteiger partial charge in [0.15, 0.2) is 5.84 Å². The van der Waals surface area contributed by atoms with Gasteiger partial charge in [0, 0.05) is 12.1 Å². The topological polar surface area (TPSA) is 134 Å². The third kappa shape index (κ3) is 4.91. The molecule has 2 aliphatic heterocycles. The minimum absolute atomic E-state index is 0.0174. The summed E-state index contributed by atoms with van der Waals surface area (Å²) in [5, 5.41) is 14.6. The lowest BCUT2D eigenvalue weighted by Gasteiger charge is -2.36. The number of benzene rings is 1. The fourth-order valence-electron chi connectivity index (χ4n) is 4.20. The molecule has 1 unspecified atom stereocenters. The first-order chi connectivity index (χ1) is 15.6. The van der Waals surface area contributed by atoms with E-state index < -0.39 is 30.8 Å². The first kappa shape index (κ1) is 26.0. The second-order valence-electron chi connectivity index (χ2n) is 10.9. The summed E-state index contributed by atoms with van der Waals surface area (Å²) in [6.45, 7) is 14.4. The Morgan fingerprint density at radius 1 is 1.26 bits per heavy atom. The number of nitrogens with zero attached hydrogens (tertiary/aromatic N) is 2. The number of primary amides is 1. The number of aliphatic hydroxyl groups excluding tert-OH is 1. The highest BCUT2D eigenvalue weighted by Gasteiger charge is 2.48. The number of hydrogen-bond acceptors (Lipinski definition) is 6. The van der Waals surface area contributed by atoms with Crippen molar-refractivity contribution >= 4 is 36.2 Å². The fourth-order valence-corrected chi connectivity index (χ4v) is 5.96. The van der Waals surface area contributed by atoms with Crippen molar-refractivity contribution in [3.63, 3.8) is 0 Å². The minimum Gasteiger partial charge on any atom is -0.509 e. The molecule has 186 valence electrons. The molecular weight excluding hydrogens is 455 g/mol. The number of fused-ring (bicyclic) bond motifs is 1. The number of nitrogens with one attached hydrogen (secondary N) is 1. The van der Waals surface area contributed by atoms with Gasteiger partial charge in [-0.05, 0) is 42.4 Å². The van der Waals surface area contributed by atoms with E-state index in [1.807, 2.05) is 20.8 Å². The second kappa shape index (κ2) is 8.86. The number of amidine groups is 1. The van der Waals surface area contributed by atoms with Crippen molar-refractivity contribution in [1.29, 1.82) is 0 Å². The predicted molar refractivity (Wildman–Crippen MR) is 134 cm³/mol. The summed E-state index contributed by atoms with van der Waals surface area (Å²) in [4.78, 5) is 27.0. The lowest BCUT2D eigenvalue weighted by molar-refractivity contribution is -0.128. The molecule has 9 nitrogen and oxygen atoms in total. The highest BCUT2D eigenvalue weighted by Crippen LogP contribution is 2.52. The van der Waals surface area contributed by atoms with Crippen LogP contribution in [0.25, 0.3) is 0 Å². The van der Waals surface area contributed by atoms with Crippen molar-refractivity contribution in [2.75, 3.05) is 18.5 Å². The van der Waals surface area contributed by atoms with Gasteiger partial charge in [0.2, 0.25) is 5.91 Å². The van der Waals surface area contributed by atoms with Gasteiger partial charge < -0.3 is 25.6 Å². The maximum absolute atomic E-state index is 13.7. The first-order valence-corrected chi connectivity index (χ1v) is 13.0. The third-order valence-corrected chi connectivity index (χ3v) is 7.91. The fraction of sp³-hybridized carbons (Fsp3) is 0.542. The first-order valence-electron chi connectivity index (χ1n) is 11.4. The Morgan fingerprint density at radius 2 is 1.91 bits per heavy atom. The molecule has 4 N–H and O–H groups in total. The molecule has 2 amide bonds. The Balaban J connectivity index is 2.13. The van der Waals surface area contributed by atoms with E-state index in [0.717, 1.165) is 6.42 Å². The number of rotatable bonds is 6. The van der Waals surface area contributed by atoms with Crippen LogP contribution in [0.15, 0.2) is 34.3 Å². The standard InChI is InChI=1S/C24H35N4O5P/c1-8-33-34(32)16-10-9-14(20(25)30)13-15(16)26-21(27-34)17-18(29)19(24(5,6)7)28(22(17)31)12-11-23(2,3)4/h9-10,13,19,29H,8,11-12H2,1-7H3,(H2,25,30)(H,26,27,32)/t19-,34?/m1/s1. The van der Waals surface area contributed by atoms with Gasteiger partial charge in [0.05, 0.1) is 23.6 Å². The van der Waals surface area contributed by atoms with Gasteiger partial charge in [-0.15, -0.1) is 0 Å². The molecule has 2 heterocycles. The van der Waals surface area contributed by atoms with Gasteiger partial charge in [0.25, 0.3) is 5.91 Å². The van der Waals surface area contributed by atoms with Crippen molar-refractivity contribution < 1.29 is 23.8 Å². The molecule has 1 aromatic rings. The number of carbonyl (C=O) groups is 2. The van der Waals surface area contributed by atoms with E-state index >= 15 is 0 Å². The quantitative estimate of drug-likeness (QED) is 0.517. The number of amides is 2. The zero-order chi connectivity index (χ0) is 25.6. The lowest BCUT2D eigenvalue weighted by atomic mass is 9.84. The minimum atomic E-state index is -3.78. The molecule has 0 aromatic heterocycles. The number of aliphatic hydroxyl groups is 1. The van der Waals surface area contributed by atoms with Gasteiger partial charge in [-0.25, -0.2) is 0 Å². The summed E-state index contributed by atoms with van der Waals surface area (Å²) in [5.74, 6) is -1.22. The van der Waals surface area contributed by atoms with Gasteiger partial charge in [-0.2, -0.15) is 4.76 Å². The van der Waals surface area contributed by atoms with Crippen molar-refractivity contribution in [2.24, 2.45) is 21.3 Å². The molecule has 0 fully saturated rings. The summed E-state index contributed by atoms with van der Waals surface area (Å²) in [7, 11) is -3.78. The van der Waals surface area contributed by atoms with Crippen molar-refractivity contribution in [2.45, 2.75) is 60.9 Å². The van der Waals surface area contributed by atoms with Gasteiger partial charge >= 0.3 is 7.52 Å². The normalized spacial score (nSPS) is 23.0. The lowest BCUT2D eigenvalue weighted by Crippen LogP contribution is -2.45. The average molecular weight is 491 g/mol. The molecule has 0 bridgehead atoms. The van der Waals surface area contributed by atoms with Crippen LogP contribution in [0.5, 0.6) is 0 Å². The highest BCUT2D eigenvalue weighted by atomic mass is 31.2. The number of nitrogens with two attached hydrogens (primary N) is 1. The van der Waals surface area contributed by atoms with Crippen molar-refractivity contribution in [3.8, 4) is 0 Å². The zero-order valence-corrected chi connectivity index (χ0v) is 21.8. The number of anilines is 1. The van der Waals surface area contributed by atoms with Crippen LogP contribution in [-0.4, -0.2) is 46.8 Å². The molecule has 34 heavy (non-hydrogen) atoms. The largest absolute Gasteiger partial charge is 0.509 e. The van der Waals surface area contributed by atoms with Crippen molar-refractivity contribution in [1.82, 2.24) is 4.90 Å². The van der Waals surface area contributed by atoms with E-state index in [4.69, 9.17) is 10.3 Å². The molecule has 2 atom stereocenters. The van der Waals surface area contributed by atoms with E-state index in [1.165, 1.54) is 18.2 Å². The molecule has 0 saturated heterocycles. The Morgan fingerprint density at radius 3 is 2.44 bits per heavy atom. The molecule has 2 aliphatic rings.